The Kier molecular flexibility index (Phi) is 6.22. The minimum Gasteiger partial charge on any atom is -0.497 e. The van der Waals surface area contributed by atoms with Crippen molar-refractivity contribution in [3.8, 4) is 22.8 Å². The number of hydrogen-bond donors (Lipinski definition) is 2. The first-order valence-corrected chi connectivity index (χ1v) is 12.8. The van der Waals surface area contributed by atoms with Crippen molar-refractivity contribution in [2.45, 2.75) is 6.10 Å². The number of nitrogens with zero attached hydrogens (tertiary/aromatic N) is 4. The summed E-state index contributed by atoms with van der Waals surface area (Å²) >= 11 is 1.60. The molecule has 0 aliphatic carbocycles. The van der Waals surface area contributed by atoms with Crippen LogP contribution in [0.3, 0.4) is 0 Å². The van der Waals surface area contributed by atoms with Crippen molar-refractivity contribution >= 4 is 38.3 Å². The van der Waals surface area contributed by atoms with Crippen molar-refractivity contribution in [3.05, 3.63) is 53.9 Å². The third-order valence-corrected chi connectivity index (χ3v) is 7.42. The maximum atomic E-state index is 10.6. The molecule has 3 aromatic heterocycles. The lowest BCUT2D eigenvalue weighted by atomic mass is 10.1. The number of thiophene rings is 1. The van der Waals surface area contributed by atoms with Gasteiger partial charge in [-0.25, -0.2) is 0 Å². The molecule has 2 aromatic carbocycles. The van der Waals surface area contributed by atoms with Gasteiger partial charge in [-0.05, 0) is 41.8 Å². The van der Waals surface area contributed by atoms with E-state index in [2.05, 4.69) is 25.2 Å². The van der Waals surface area contributed by atoms with Gasteiger partial charge in [0.1, 0.15) is 34.6 Å². The summed E-state index contributed by atoms with van der Waals surface area (Å²) in [7, 11) is 1.67. The van der Waals surface area contributed by atoms with E-state index in [0.29, 0.717) is 12.3 Å². The van der Waals surface area contributed by atoms with Crippen LogP contribution in [0.25, 0.3) is 32.4 Å². The Morgan fingerprint density at radius 2 is 2.00 bits per heavy atom. The Bertz CT molecular complexity index is 1470. The number of aromatic nitrogens is 3. The van der Waals surface area contributed by atoms with Gasteiger partial charge in [0.2, 0.25) is 0 Å². The van der Waals surface area contributed by atoms with Crippen molar-refractivity contribution in [2.75, 3.05) is 51.3 Å². The van der Waals surface area contributed by atoms with Crippen LogP contribution in [-0.4, -0.2) is 77.9 Å². The molecule has 1 aliphatic rings. The van der Waals surface area contributed by atoms with E-state index in [-0.39, 0.29) is 6.61 Å². The Morgan fingerprint density at radius 3 is 2.86 bits per heavy atom. The maximum absolute atomic E-state index is 10.6. The van der Waals surface area contributed by atoms with Gasteiger partial charge in [-0.1, -0.05) is 17.3 Å². The number of piperazine rings is 1. The predicted octanol–water partition coefficient (Wildman–Crippen LogP) is 4.00. The number of hydrogen-bond acceptors (Lipinski definition) is 9. The maximum Gasteiger partial charge on any atom is 0.178 e. The topological polar surface area (TPSA) is 99.9 Å². The van der Waals surface area contributed by atoms with E-state index < -0.39 is 6.10 Å². The lowest BCUT2D eigenvalue weighted by Crippen LogP contribution is -2.49. The number of nitrogens with one attached hydrogen (secondary N) is 1. The molecule has 36 heavy (non-hydrogen) atoms. The van der Waals surface area contributed by atoms with Crippen LogP contribution in [0.2, 0.25) is 0 Å². The summed E-state index contributed by atoms with van der Waals surface area (Å²) in [6, 6.07) is 15.6. The van der Waals surface area contributed by atoms with Crippen LogP contribution < -0.4 is 14.4 Å². The number of ether oxygens (including phenoxy) is 2. The molecule has 10 heteroatoms. The van der Waals surface area contributed by atoms with Crippen LogP contribution in [0.15, 0.2) is 58.4 Å². The molecule has 0 amide bonds. The van der Waals surface area contributed by atoms with Crippen LogP contribution in [0.5, 0.6) is 11.5 Å². The molecule has 0 spiro atoms. The Labute approximate surface area is 211 Å². The number of anilines is 1. The fourth-order valence-corrected chi connectivity index (χ4v) is 5.44. The Balaban J connectivity index is 1.02. The summed E-state index contributed by atoms with van der Waals surface area (Å²) in [5, 5.41) is 25.5. The van der Waals surface area contributed by atoms with Gasteiger partial charge in [-0.2, -0.15) is 5.10 Å². The molecule has 1 aliphatic heterocycles. The van der Waals surface area contributed by atoms with E-state index in [4.69, 9.17) is 14.0 Å². The first-order valence-electron chi connectivity index (χ1n) is 11.9. The average Bonchev–Trinajstić information content (AvgIpc) is 3.64. The van der Waals surface area contributed by atoms with Crippen LogP contribution >= 0.6 is 11.3 Å². The SMILES string of the molecule is COc1ccc2[nH]nc(N3CCN(C[C@@H](O)COc4cccc(-c5noc6ccsc56)c4)CC3)c2c1. The van der Waals surface area contributed by atoms with Crippen LogP contribution in [-0.2, 0) is 0 Å². The molecule has 5 aromatic rings. The highest BCUT2D eigenvalue weighted by molar-refractivity contribution is 7.17. The number of rotatable bonds is 8. The van der Waals surface area contributed by atoms with Gasteiger partial charge in [-0.3, -0.25) is 10.00 Å². The Morgan fingerprint density at radius 1 is 1.11 bits per heavy atom. The van der Waals surface area contributed by atoms with Gasteiger partial charge in [0.15, 0.2) is 11.4 Å². The molecule has 4 heterocycles. The quantitative estimate of drug-likeness (QED) is 0.326. The highest BCUT2D eigenvalue weighted by Gasteiger charge is 2.23. The predicted molar refractivity (Wildman–Crippen MR) is 140 cm³/mol. The number of benzene rings is 2. The van der Waals surface area contributed by atoms with Crippen molar-refractivity contribution in [1.82, 2.24) is 20.3 Å². The third kappa shape index (κ3) is 4.50. The van der Waals surface area contributed by atoms with Gasteiger partial charge in [0.05, 0.1) is 12.6 Å². The molecule has 0 radical (unpaired) electrons. The summed E-state index contributed by atoms with van der Waals surface area (Å²) in [4.78, 5) is 4.54. The first-order chi connectivity index (χ1) is 17.7. The molecular weight excluding hydrogens is 478 g/mol. The highest BCUT2D eigenvalue weighted by atomic mass is 32.1. The van der Waals surface area contributed by atoms with Crippen molar-refractivity contribution in [1.29, 1.82) is 0 Å². The van der Waals surface area contributed by atoms with Gasteiger partial charge < -0.3 is 24.0 Å². The molecule has 0 unspecified atom stereocenters. The third-order valence-electron chi connectivity index (χ3n) is 6.52. The standard InChI is InChI=1S/C26H27N5O4S/c1-33-19-5-6-22-21(14-19)26(28-27-22)31-10-8-30(9-11-31)15-18(32)16-34-20-4-2-3-17(13-20)24-25-23(35-29-24)7-12-36-25/h2-7,12-14,18,32H,8-11,15-16H2,1H3,(H,27,28)/t18-/m1/s1. The van der Waals surface area contributed by atoms with Crippen LogP contribution in [0.4, 0.5) is 5.82 Å². The van der Waals surface area contributed by atoms with Gasteiger partial charge >= 0.3 is 0 Å². The smallest absolute Gasteiger partial charge is 0.178 e. The number of aromatic amines is 1. The van der Waals surface area contributed by atoms with Gasteiger partial charge in [0.25, 0.3) is 0 Å². The molecule has 186 valence electrons. The molecule has 1 fully saturated rings. The Hall–Kier alpha value is -3.60. The van der Waals surface area contributed by atoms with E-state index in [1.807, 2.05) is 53.9 Å². The summed E-state index contributed by atoms with van der Waals surface area (Å²) < 4.78 is 17.7. The summed E-state index contributed by atoms with van der Waals surface area (Å²) in [5.41, 5.74) is 3.53. The monoisotopic (exact) mass is 505 g/mol. The zero-order valence-electron chi connectivity index (χ0n) is 19.9. The van der Waals surface area contributed by atoms with Crippen molar-refractivity contribution in [2.24, 2.45) is 0 Å². The lowest BCUT2D eigenvalue weighted by Gasteiger charge is -2.35. The summed E-state index contributed by atoms with van der Waals surface area (Å²) in [5.74, 6) is 2.46. The number of fused-ring (bicyclic) bond motifs is 2. The largest absolute Gasteiger partial charge is 0.497 e. The molecule has 2 N–H and O–H groups in total. The molecule has 0 bridgehead atoms. The fourth-order valence-electron chi connectivity index (χ4n) is 4.63. The normalized spacial score (nSPS) is 15.6. The summed E-state index contributed by atoms with van der Waals surface area (Å²) in [6.45, 7) is 4.13. The van der Waals surface area contributed by atoms with Gasteiger partial charge in [0, 0.05) is 43.7 Å². The van der Waals surface area contributed by atoms with Crippen LogP contribution in [0, 0.1) is 0 Å². The molecule has 9 nitrogen and oxygen atoms in total. The number of β-amino-alcohol motifs (C(OH)–C–C–N with tert-alkyl or cyclic N) is 1. The van der Waals surface area contributed by atoms with Crippen LogP contribution in [0.1, 0.15) is 0 Å². The fraction of sp³-hybridized carbons (Fsp3) is 0.308. The van der Waals surface area contributed by atoms with Crippen molar-refractivity contribution in [3.63, 3.8) is 0 Å². The lowest BCUT2D eigenvalue weighted by molar-refractivity contribution is 0.0663. The van der Waals surface area contributed by atoms with E-state index in [1.165, 1.54) is 0 Å². The molecule has 0 saturated carbocycles. The zero-order chi connectivity index (χ0) is 24.5. The van der Waals surface area contributed by atoms with E-state index in [9.17, 15) is 5.11 Å². The second-order valence-electron chi connectivity index (χ2n) is 8.88. The van der Waals surface area contributed by atoms with E-state index in [0.717, 1.165) is 70.2 Å². The minimum absolute atomic E-state index is 0.223. The minimum atomic E-state index is -0.591. The number of H-pyrrole nitrogens is 1. The van der Waals surface area contributed by atoms with E-state index >= 15 is 0 Å². The first kappa shape index (κ1) is 22.8. The molecule has 1 atom stereocenters. The molecule has 6 rings (SSSR count). The van der Waals surface area contributed by atoms with Crippen molar-refractivity contribution < 1.29 is 19.1 Å². The number of methoxy groups -OCH3 is 1. The molecular formula is C26H27N5O4S. The highest BCUT2D eigenvalue weighted by Crippen LogP contribution is 2.33. The summed E-state index contributed by atoms with van der Waals surface area (Å²) in [6.07, 6.45) is -0.591. The second-order valence-corrected chi connectivity index (χ2v) is 9.80. The number of aliphatic hydroxyl groups excluding tert-OH is 1. The molecule has 1 saturated heterocycles. The van der Waals surface area contributed by atoms with E-state index in [1.54, 1.807) is 18.4 Å². The average molecular weight is 506 g/mol. The zero-order valence-corrected chi connectivity index (χ0v) is 20.7. The number of aliphatic hydroxyl groups is 1. The van der Waals surface area contributed by atoms with Gasteiger partial charge in [-0.15, -0.1) is 11.3 Å². The second kappa shape index (κ2) is 9.81.